The summed E-state index contributed by atoms with van der Waals surface area (Å²) in [6.07, 6.45) is -0.587. The van der Waals surface area contributed by atoms with E-state index in [1.54, 1.807) is 13.8 Å². The maximum atomic E-state index is 10.2. The quantitative estimate of drug-likeness (QED) is 0.501. The van der Waals surface area contributed by atoms with E-state index in [0.29, 0.717) is 0 Å². The van der Waals surface area contributed by atoms with Crippen molar-refractivity contribution in [3.8, 4) is 0 Å². The van der Waals surface area contributed by atoms with E-state index >= 15 is 0 Å². The molecule has 0 bridgehead atoms. The minimum absolute atomic E-state index is 0.0650. The summed E-state index contributed by atoms with van der Waals surface area (Å²) >= 11 is 0. The Labute approximate surface area is 75.6 Å². The fraction of sp³-hybridized carbons (Fsp3) is 0.857. The average molecular weight is 191 g/mol. The highest BCUT2D eigenvalue weighted by Gasteiger charge is 2.18. The van der Waals surface area contributed by atoms with Crippen LogP contribution in [0.5, 0.6) is 0 Å². The molecule has 0 rings (SSSR count). The lowest BCUT2D eigenvalue weighted by molar-refractivity contribution is -0.770. The molecule has 0 spiro atoms. The standard InChI is InChI=1S/C7H13NO5/c1-5(2)6(13-8(11)12)3-4-7(9)10/h5-6H,3-4H2,1-2H3,(H,9,10). The van der Waals surface area contributed by atoms with Crippen molar-refractivity contribution in [1.29, 1.82) is 0 Å². The van der Waals surface area contributed by atoms with Gasteiger partial charge in [0.15, 0.2) is 0 Å². The molecule has 0 aliphatic heterocycles. The molecule has 76 valence electrons. The van der Waals surface area contributed by atoms with E-state index in [2.05, 4.69) is 4.84 Å². The van der Waals surface area contributed by atoms with E-state index < -0.39 is 17.2 Å². The molecule has 0 radical (unpaired) electrons. The first-order valence-corrected chi connectivity index (χ1v) is 3.96. The highest BCUT2D eigenvalue weighted by molar-refractivity contribution is 5.66. The predicted molar refractivity (Wildman–Crippen MR) is 43.6 cm³/mol. The maximum Gasteiger partial charge on any atom is 0.303 e. The van der Waals surface area contributed by atoms with E-state index in [9.17, 15) is 14.9 Å². The van der Waals surface area contributed by atoms with Gasteiger partial charge in [-0.25, -0.2) is 0 Å². The molecule has 0 aliphatic carbocycles. The Hall–Kier alpha value is -1.33. The van der Waals surface area contributed by atoms with Gasteiger partial charge < -0.3 is 9.94 Å². The molecule has 0 fully saturated rings. The van der Waals surface area contributed by atoms with Gasteiger partial charge in [0, 0.05) is 6.42 Å². The zero-order valence-electron chi connectivity index (χ0n) is 7.60. The third-order valence-corrected chi connectivity index (χ3v) is 1.61. The summed E-state index contributed by atoms with van der Waals surface area (Å²) < 4.78 is 0. The van der Waals surface area contributed by atoms with Crippen LogP contribution < -0.4 is 0 Å². The number of rotatable bonds is 6. The van der Waals surface area contributed by atoms with Crippen LogP contribution in [0.15, 0.2) is 0 Å². The molecular weight excluding hydrogens is 178 g/mol. The normalized spacial score (nSPS) is 12.5. The van der Waals surface area contributed by atoms with Crippen molar-refractivity contribution in [2.45, 2.75) is 32.8 Å². The summed E-state index contributed by atoms with van der Waals surface area (Å²) in [7, 11) is 0. The van der Waals surface area contributed by atoms with E-state index in [1.165, 1.54) is 0 Å². The molecule has 6 heteroatoms. The summed E-state index contributed by atoms with van der Waals surface area (Å²) in [5, 5.41) is 17.5. The van der Waals surface area contributed by atoms with Crippen LogP contribution in [0.4, 0.5) is 0 Å². The molecule has 0 aromatic carbocycles. The summed E-state index contributed by atoms with van der Waals surface area (Å²) in [4.78, 5) is 24.5. The van der Waals surface area contributed by atoms with Crippen molar-refractivity contribution in [3.05, 3.63) is 10.1 Å². The van der Waals surface area contributed by atoms with Crippen LogP contribution in [0.25, 0.3) is 0 Å². The molecule has 0 aromatic rings. The first-order chi connectivity index (χ1) is 5.93. The highest BCUT2D eigenvalue weighted by Crippen LogP contribution is 2.12. The zero-order valence-corrected chi connectivity index (χ0v) is 7.60. The zero-order chi connectivity index (χ0) is 10.4. The van der Waals surface area contributed by atoms with Gasteiger partial charge in [-0.3, -0.25) is 4.79 Å². The van der Waals surface area contributed by atoms with Gasteiger partial charge in [0.05, 0.1) is 0 Å². The lowest BCUT2D eigenvalue weighted by atomic mass is 10.0. The Balaban J connectivity index is 3.95. The van der Waals surface area contributed by atoms with Crippen molar-refractivity contribution >= 4 is 5.97 Å². The summed E-state index contributed by atoms with van der Waals surface area (Å²) in [6, 6.07) is 0. The van der Waals surface area contributed by atoms with Crippen molar-refractivity contribution in [3.63, 3.8) is 0 Å². The van der Waals surface area contributed by atoms with Gasteiger partial charge in [-0.15, -0.1) is 10.1 Å². The third-order valence-electron chi connectivity index (χ3n) is 1.61. The lowest BCUT2D eigenvalue weighted by Gasteiger charge is -2.16. The Morgan fingerprint density at radius 3 is 2.46 bits per heavy atom. The lowest BCUT2D eigenvalue weighted by Crippen LogP contribution is -2.23. The Kier molecular flexibility index (Phi) is 4.79. The molecule has 0 saturated carbocycles. The summed E-state index contributed by atoms with van der Waals surface area (Å²) in [6.45, 7) is 3.49. The Morgan fingerprint density at radius 2 is 2.15 bits per heavy atom. The number of nitrogens with zero attached hydrogens (tertiary/aromatic N) is 1. The first-order valence-electron chi connectivity index (χ1n) is 3.96. The number of hydrogen-bond donors (Lipinski definition) is 1. The van der Waals surface area contributed by atoms with Crippen LogP contribution in [0.2, 0.25) is 0 Å². The first kappa shape index (κ1) is 11.7. The van der Waals surface area contributed by atoms with Crippen LogP contribution in [0.1, 0.15) is 26.7 Å². The van der Waals surface area contributed by atoms with Crippen molar-refractivity contribution in [2.24, 2.45) is 5.92 Å². The van der Waals surface area contributed by atoms with Crippen LogP contribution in [0, 0.1) is 16.0 Å². The number of hydrogen-bond acceptors (Lipinski definition) is 4. The monoisotopic (exact) mass is 191 g/mol. The average Bonchev–Trinajstić information content (AvgIpc) is 1.96. The van der Waals surface area contributed by atoms with Crippen molar-refractivity contribution in [1.82, 2.24) is 0 Å². The van der Waals surface area contributed by atoms with E-state index in [0.717, 1.165) is 0 Å². The van der Waals surface area contributed by atoms with Crippen LogP contribution in [-0.4, -0.2) is 22.3 Å². The largest absolute Gasteiger partial charge is 0.481 e. The van der Waals surface area contributed by atoms with E-state index in [4.69, 9.17) is 5.11 Å². The third kappa shape index (κ3) is 5.89. The van der Waals surface area contributed by atoms with Crippen LogP contribution in [0.3, 0.4) is 0 Å². The number of carboxylic acid groups (broad SMARTS) is 1. The highest BCUT2D eigenvalue weighted by atomic mass is 17.0. The molecule has 0 amide bonds. The SMILES string of the molecule is CC(C)C(CCC(=O)O)O[N+](=O)[O-]. The van der Waals surface area contributed by atoms with Gasteiger partial charge >= 0.3 is 5.97 Å². The number of carbonyl (C=O) groups is 1. The van der Waals surface area contributed by atoms with Gasteiger partial charge in [-0.2, -0.15) is 0 Å². The fourth-order valence-corrected chi connectivity index (χ4v) is 0.884. The molecule has 0 heterocycles. The van der Waals surface area contributed by atoms with Gasteiger partial charge in [0.25, 0.3) is 5.09 Å². The second-order valence-corrected chi connectivity index (χ2v) is 3.04. The molecule has 0 aromatic heterocycles. The van der Waals surface area contributed by atoms with E-state index in [1.807, 2.05) is 0 Å². The molecule has 1 unspecified atom stereocenters. The number of aliphatic carboxylic acids is 1. The van der Waals surface area contributed by atoms with Crippen LogP contribution in [-0.2, 0) is 9.63 Å². The van der Waals surface area contributed by atoms with Gasteiger partial charge in [-0.1, -0.05) is 13.8 Å². The molecule has 1 N–H and O–H groups in total. The number of carboxylic acids is 1. The van der Waals surface area contributed by atoms with E-state index in [-0.39, 0.29) is 18.8 Å². The molecule has 1 atom stereocenters. The van der Waals surface area contributed by atoms with Gasteiger partial charge in [0.2, 0.25) is 0 Å². The van der Waals surface area contributed by atoms with Crippen LogP contribution >= 0.6 is 0 Å². The Bertz CT molecular complexity index is 191. The minimum Gasteiger partial charge on any atom is -0.481 e. The second kappa shape index (κ2) is 5.34. The topological polar surface area (TPSA) is 89.7 Å². The van der Waals surface area contributed by atoms with Gasteiger partial charge in [0.1, 0.15) is 6.10 Å². The Morgan fingerprint density at radius 1 is 1.62 bits per heavy atom. The second-order valence-electron chi connectivity index (χ2n) is 3.04. The smallest absolute Gasteiger partial charge is 0.303 e. The predicted octanol–water partition coefficient (Wildman–Crippen LogP) is 1.08. The van der Waals surface area contributed by atoms with Crippen molar-refractivity contribution < 1.29 is 19.8 Å². The summed E-state index contributed by atoms with van der Waals surface area (Å²) in [5.41, 5.74) is 0. The molecule has 13 heavy (non-hydrogen) atoms. The minimum atomic E-state index is -0.974. The molecule has 0 aliphatic rings. The van der Waals surface area contributed by atoms with Gasteiger partial charge in [-0.05, 0) is 12.3 Å². The van der Waals surface area contributed by atoms with Crippen molar-refractivity contribution in [2.75, 3.05) is 0 Å². The molecule has 6 nitrogen and oxygen atoms in total. The fourth-order valence-electron chi connectivity index (χ4n) is 0.884. The summed E-state index contributed by atoms with van der Waals surface area (Å²) in [5.74, 6) is -1.04. The molecular formula is C7H13NO5. The maximum absolute atomic E-state index is 10.2. The molecule has 0 saturated heterocycles.